The maximum Gasteiger partial charge on any atom is 0.136 e. The van der Waals surface area contributed by atoms with Crippen LogP contribution < -0.4 is 5.73 Å². The monoisotopic (exact) mass is 216 g/mol. The summed E-state index contributed by atoms with van der Waals surface area (Å²) in [5.41, 5.74) is 8.13. The number of carbonyl (C=O) groups is 1. The normalized spacial score (nSPS) is 19.6. The molecule has 1 atom stereocenters. The number of nitrogens with two attached hydrogens (primary N) is 1. The lowest BCUT2D eigenvalue weighted by molar-refractivity contribution is -0.119. The van der Waals surface area contributed by atoms with Crippen LogP contribution in [0.4, 0.5) is 5.82 Å². The van der Waals surface area contributed by atoms with E-state index in [2.05, 4.69) is 11.1 Å². The third kappa shape index (κ3) is 2.48. The topological polar surface area (TPSA) is 56.0 Å². The van der Waals surface area contributed by atoms with Crippen LogP contribution in [0.3, 0.4) is 0 Å². The molecule has 2 rings (SSSR count). The predicted molar refractivity (Wildman–Crippen MR) is 63.8 cm³/mol. The Labute approximate surface area is 95.4 Å². The first-order valence-corrected chi connectivity index (χ1v) is 5.55. The summed E-state index contributed by atoms with van der Waals surface area (Å²) in [6.45, 7) is 1.66. The Bertz CT molecular complexity index is 437. The second-order valence-electron chi connectivity index (χ2n) is 4.35. The number of hydrogen-bond donors (Lipinski definition) is 1. The Morgan fingerprint density at radius 3 is 3.06 bits per heavy atom. The van der Waals surface area contributed by atoms with Crippen molar-refractivity contribution in [1.82, 2.24) is 4.98 Å². The van der Waals surface area contributed by atoms with Gasteiger partial charge in [0.1, 0.15) is 11.6 Å². The fourth-order valence-corrected chi connectivity index (χ4v) is 2.13. The van der Waals surface area contributed by atoms with E-state index in [9.17, 15) is 4.79 Å². The van der Waals surface area contributed by atoms with Crippen LogP contribution in [0.15, 0.2) is 30.0 Å². The smallest absolute Gasteiger partial charge is 0.136 e. The molecule has 3 heteroatoms. The van der Waals surface area contributed by atoms with Crippen LogP contribution in [-0.4, -0.2) is 10.8 Å². The van der Waals surface area contributed by atoms with Crippen LogP contribution >= 0.6 is 0 Å². The highest BCUT2D eigenvalue weighted by atomic mass is 16.1. The molecule has 0 fully saturated rings. The molecule has 0 aliphatic heterocycles. The maximum atomic E-state index is 11.2. The van der Waals surface area contributed by atoms with Crippen molar-refractivity contribution in [3.05, 3.63) is 35.5 Å². The van der Waals surface area contributed by atoms with Gasteiger partial charge >= 0.3 is 0 Å². The van der Waals surface area contributed by atoms with Gasteiger partial charge in [0.25, 0.3) is 0 Å². The molecule has 1 heterocycles. The lowest BCUT2D eigenvalue weighted by Gasteiger charge is -2.02. The van der Waals surface area contributed by atoms with Crippen molar-refractivity contribution in [2.45, 2.75) is 26.2 Å². The minimum Gasteiger partial charge on any atom is -0.384 e. The van der Waals surface area contributed by atoms with E-state index >= 15 is 0 Å². The van der Waals surface area contributed by atoms with Gasteiger partial charge in [-0.25, -0.2) is 4.98 Å². The number of Topliss-reactive ketones (excluding diaryl/α,β-unsaturated/α-hetero) is 1. The van der Waals surface area contributed by atoms with E-state index in [1.165, 1.54) is 11.1 Å². The van der Waals surface area contributed by atoms with E-state index in [0.717, 1.165) is 19.3 Å². The Kier molecular flexibility index (Phi) is 3.04. The van der Waals surface area contributed by atoms with E-state index in [4.69, 9.17) is 5.73 Å². The fraction of sp³-hybridized carbons (Fsp3) is 0.385. The first-order valence-electron chi connectivity index (χ1n) is 5.55. The molecule has 1 aliphatic rings. The van der Waals surface area contributed by atoms with Crippen molar-refractivity contribution in [1.29, 1.82) is 0 Å². The van der Waals surface area contributed by atoms with Crippen LogP contribution in [0.25, 0.3) is 0 Å². The molecule has 1 aliphatic carbocycles. The Morgan fingerprint density at radius 1 is 1.62 bits per heavy atom. The summed E-state index contributed by atoms with van der Waals surface area (Å²) in [5.74, 6) is 0.956. The van der Waals surface area contributed by atoms with Crippen LogP contribution in [0.2, 0.25) is 0 Å². The molecule has 0 bridgehead atoms. The highest BCUT2D eigenvalue weighted by Gasteiger charge is 2.19. The number of rotatable bonds is 3. The predicted octanol–water partition coefficient (Wildman–Crippen LogP) is 2.13. The third-order valence-electron chi connectivity index (χ3n) is 3.01. The SMILES string of the molecule is CC(=O)[C@H]1C=C(Cc2ccnc(N)c2)CC1. The second-order valence-corrected chi connectivity index (χ2v) is 4.35. The van der Waals surface area contributed by atoms with Gasteiger partial charge in [-0.2, -0.15) is 0 Å². The number of ketones is 1. The summed E-state index contributed by atoms with van der Waals surface area (Å²) >= 11 is 0. The second kappa shape index (κ2) is 4.47. The van der Waals surface area contributed by atoms with Crippen LogP contribution in [0.1, 0.15) is 25.3 Å². The van der Waals surface area contributed by atoms with Gasteiger partial charge in [0, 0.05) is 12.1 Å². The Morgan fingerprint density at radius 2 is 2.44 bits per heavy atom. The minimum absolute atomic E-state index is 0.134. The highest BCUT2D eigenvalue weighted by molar-refractivity contribution is 5.80. The average molecular weight is 216 g/mol. The molecule has 84 valence electrons. The Hall–Kier alpha value is -1.64. The molecular formula is C13H16N2O. The van der Waals surface area contributed by atoms with Crippen LogP contribution in [0, 0.1) is 5.92 Å². The number of carbonyl (C=O) groups excluding carboxylic acids is 1. The number of allylic oxidation sites excluding steroid dienone is 2. The van der Waals surface area contributed by atoms with Crippen molar-refractivity contribution in [2.75, 3.05) is 5.73 Å². The van der Waals surface area contributed by atoms with E-state index < -0.39 is 0 Å². The first kappa shape index (κ1) is 10.9. The minimum atomic E-state index is 0.134. The number of aromatic nitrogens is 1. The summed E-state index contributed by atoms with van der Waals surface area (Å²) in [6, 6.07) is 3.86. The molecule has 0 amide bonds. The molecule has 0 saturated carbocycles. The van der Waals surface area contributed by atoms with E-state index in [1.54, 1.807) is 13.1 Å². The van der Waals surface area contributed by atoms with Crippen molar-refractivity contribution in [3.63, 3.8) is 0 Å². The first-order chi connectivity index (χ1) is 7.65. The van der Waals surface area contributed by atoms with Crippen molar-refractivity contribution >= 4 is 11.6 Å². The fourth-order valence-electron chi connectivity index (χ4n) is 2.13. The van der Waals surface area contributed by atoms with Crippen LogP contribution in [-0.2, 0) is 11.2 Å². The molecule has 3 nitrogen and oxygen atoms in total. The molecule has 16 heavy (non-hydrogen) atoms. The van der Waals surface area contributed by atoms with Crippen molar-refractivity contribution in [2.24, 2.45) is 5.92 Å². The molecule has 0 unspecified atom stereocenters. The van der Waals surface area contributed by atoms with Gasteiger partial charge in [0.05, 0.1) is 0 Å². The molecule has 0 aromatic carbocycles. The van der Waals surface area contributed by atoms with Gasteiger partial charge < -0.3 is 5.73 Å². The third-order valence-corrected chi connectivity index (χ3v) is 3.01. The summed E-state index contributed by atoms with van der Waals surface area (Å²) in [7, 11) is 0. The molecule has 0 spiro atoms. The largest absolute Gasteiger partial charge is 0.384 e. The van der Waals surface area contributed by atoms with Crippen molar-refractivity contribution in [3.8, 4) is 0 Å². The molecular weight excluding hydrogens is 200 g/mol. The average Bonchev–Trinajstić information content (AvgIpc) is 2.66. The number of hydrogen-bond acceptors (Lipinski definition) is 3. The maximum absolute atomic E-state index is 11.2. The zero-order valence-corrected chi connectivity index (χ0v) is 9.44. The van der Waals surface area contributed by atoms with Gasteiger partial charge in [-0.05, 0) is 43.9 Å². The lowest BCUT2D eigenvalue weighted by Crippen LogP contribution is -2.03. The standard InChI is InChI=1S/C13H16N2O/c1-9(16)12-3-2-10(7-12)6-11-4-5-15-13(14)8-11/h4-5,7-8,12H,2-3,6H2,1H3,(H2,14,15)/t12-/m1/s1. The van der Waals surface area contributed by atoms with Gasteiger partial charge in [-0.15, -0.1) is 0 Å². The zero-order chi connectivity index (χ0) is 11.5. The van der Waals surface area contributed by atoms with Gasteiger partial charge in [-0.3, -0.25) is 4.79 Å². The molecule has 1 aromatic rings. The number of pyridine rings is 1. The summed E-state index contributed by atoms with van der Waals surface area (Å²) in [4.78, 5) is 15.2. The van der Waals surface area contributed by atoms with Crippen molar-refractivity contribution < 1.29 is 4.79 Å². The molecule has 0 saturated heterocycles. The molecule has 1 aromatic heterocycles. The van der Waals surface area contributed by atoms with Crippen LogP contribution in [0.5, 0.6) is 0 Å². The summed E-state index contributed by atoms with van der Waals surface area (Å²) in [6.07, 6.45) is 6.70. The molecule has 0 radical (unpaired) electrons. The zero-order valence-electron chi connectivity index (χ0n) is 9.44. The number of anilines is 1. The van der Waals surface area contributed by atoms with E-state index in [-0.39, 0.29) is 11.7 Å². The Balaban J connectivity index is 2.06. The summed E-state index contributed by atoms with van der Waals surface area (Å²) in [5, 5.41) is 0. The van der Waals surface area contributed by atoms with Gasteiger partial charge in [0.15, 0.2) is 0 Å². The number of nitrogens with zero attached hydrogens (tertiary/aromatic N) is 1. The van der Waals surface area contributed by atoms with Gasteiger partial charge in [0.2, 0.25) is 0 Å². The van der Waals surface area contributed by atoms with E-state index in [1.807, 2.05) is 12.1 Å². The van der Waals surface area contributed by atoms with E-state index in [0.29, 0.717) is 5.82 Å². The van der Waals surface area contributed by atoms with Gasteiger partial charge in [-0.1, -0.05) is 11.6 Å². The summed E-state index contributed by atoms with van der Waals surface area (Å²) < 4.78 is 0. The quantitative estimate of drug-likeness (QED) is 0.787. The molecule has 2 N–H and O–H groups in total. The highest BCUT2D eigenvalue weighted by Crippen LogP contribution is 2.27. The number of nitrogen functional groups attached to an aromatic ring is 1. The lowest BCUT2D eigenvalue weighted by atomic mass is 10.1.